The second kappa shape index (κ2) is 7.35. The molecule has 0 aliphatic heterocycles. The number of phenols is 1. The van der Waals surface area contributed by atoms with E-state index in [2.05, 4.69) is 27.2 Å². The van der Waals surface area contributed by atoms with Gasteiger partial charge in [0.15, 0.2) is 0 Å². The first-order valence-electron chi connectivity index (χ1n) is 8.35. The van der Waals surface area contributed by atoms with Gasteiger partial charge in [-0.25, -0.2) is 9.97 Å². The molecule has 1 aromatic heterocycles. The van der Waals surface area contributed by atoms with Crippen LogP contribution in [0, 0.1) is 6.92 Å². The van der Waals surface area contributed by atoms with E-state index in [1.54, 1.807) is 6.20 Å². The molecule has 0 spiro atoms. The third-order valence-electron chi connectivity index (χ3n) is 4.30. The molecular formula is C19H20N4O3. The fourth-order valence-corrected chi connectivity index (χ4v) is 2.98. The molecule has 1 aliphatic rings. The molecule has 1 unspecified atom stereocenters. The number of nitrogens with zero attached hydrogens (tertiary/aromatic N) is 2. The predicted molar refractivity (Wildman–Crippen MR) is 97.0 cm³/mol. The van der Waals surface area contributed by atoms with Crippen LogP contribution in [0.1, 0.15) is 33.9 Å². The standard InChI is InChI=1S/C19H20N4O3/c1-3-18(25)22-14-5-7-17(24)15(9-14)19(26)23-13-4-6-16-12(8-13)10-20-11(2)21-16/h3,5,7,9-10,13,24H,1,4,6,8H2,2H3,(H,22,25)(H,23,26). The van der Waals surface area contributed by atoms with E-state index in [0.717, 1.165) is 36.0 Å². The van der Waals surface area contributed by atoms with E-state index in [0.29, 0.717) is 12.1 Å². The van der Waals surface area contributed by atoms with Crippen molar-refractivity contribution in [3.8, 4) is 5.75 Å². The third-order valence-corrected chi connectivity index (χ3v) is 4.30. The Bertz CT molecular complexity index is 879. The lowest BCUT2D eigenvalue weighted by molar-refractivity contribution is -0.111. The van der Waals surface area contributed by atoms with E-state index in [1.807, 2.05) is 6.92 Å². The molecule has 26 heavy (non-hydrogen) atoms. The molecule has 0 fully saturated rings. The van der Waals surface area contributed by atoms with Crippen molar-refractivity contribution < 1.29 is 14.7 Å². The molecular weight excluding hydrogens is 332 g/mol. The Morgan fingerprint density at radius 3 is 2.96 bits per heavy atom. The lowest BCUT2D eigenvalue weighted by atomic mass is 9.92. The summed E-state index contributed by atoms with van der Waals surface area (Å²) in [5.41, 5.74) is 2.58. The number of amides is 2. The molecule has 1 heterocycles. The summed E-state index contributed by atoms with van der Waals surface area (Å²) in [5, 5.41) is 15.5. The summed E-state index contributed by atoms with van der Waals surface area (Å²) in [6.07, 6.45) is 5.12. The Hall–Kier alpha value is -3.22. The summed E-state index contributed by atoms with van der Waals surface area (Å²) in [6, 6.07) is 4.27. The van der Waals surface area contributed by atoms with E-state index in [9.17, 15) is 14.7 Å². The van der Waals surface area contributed by atoms with Crippen LogP contribution in [-0.4, -0.2) is 32.9 Å². The molecule has 1 aliphatic carbocycles. The molecule has 7 nitrogen and oxygen atoms in total. The number of anilines is 1. The Balaban J connectivity index is 1.72. The van der Waals surface area contributed by atoms with Gasteiger partial charge in [0, 0.05) is 23.6 Å². The highest BCUT2D eigenvalue weighted by Gasteiger charge is 2.23. The summed E-state index contributed by atoms with van der Waals surface area (Å²) in [5.74, 6) is -0.177. The summed E-state index contributed by atoms with van der Waals surface area (Å²) in [6.45, 7) is 5.24. The number of carbonyl (C=O) groups is 2. The highest BCUT2D eigenvalue weighted by Crippen LogP contribution is 2.23. The van der Waals surface area contributed by atoms with Gasteiger partial charge in [-0.05, 0) is 56.0 Å². The van der Waals surface area contributed by atoms with Crippen LogP contribution in [0.4, 0.5) is 5.69 Å². The Kier molecular flexibility index (Phi) is 4.97. The van der Waals surface area contributed by atoms with Crippen molar-refractivity contribution in [2.45, 2.75) is 32.2 Å². The van der Waals surface area contributed by atoms with E-state index >= 15 is 0 Å². The number of hydrogen-bond acceptors (Lipinski definition) is 5. The van der Waals surface area contributed by atoms with Crippen molar-refractivity contribution in [2.75, 3.05) is 5.32 Å². The number of rotatable bonds is 4. The number of aromatic nitrogens is 2. The van der Waals surface area contributed by atoms with Crippen LogP contribution in [0.5, 0.6) is 5.75 Å². The van der Waals surface area contributed by atoms with Crippen molar-refractivity contribution in [3.63, 3.8) is 0 Å². The minimum absolute atomic E-state index is 0.0628. The van der Waals surface area contributed by atoms with Crippen LogP contribution >= 0.6 is 0 Å². The number of phenolic OH excluding ortho intramolecular Hbond substituents is 1. The fraction of sp³-hybridized carbons (Fsp3) is 0.263. The Labute approximate surface area is 151 Å². The van der Waals surface area contributed by atoms with Crippen molar-refractivity contribution in [1.82, 2.24) is 15.3 Å². The van der Waals surface area contributed by atoms with Crippen molar-refractivity contribution in [2.24, 2.45) is 0 Å². The topological polar surface area (TPSA) is 104 Å². The first-order valence-corrected chi connectivity index (χ1v) is 8.35. The minimum atomic E-state index is -0.390. The Morgan fingerprint density at radius 2 is 2.19 bits per heavy atom. The van der Waals surface area contributed by atoms with Crippen LogP contribution in [-0.2, 0) is 17.6 Å². The number of benzene rings is 1. The van der Waals surface area contributed by atoms with Crippen LogP contribution in [0.2, 0.25) is 0 Å². The summed E-state index contributed by atoms with van der Waals surface area (Å²) in [7, 11) is 0. The summed E-state index contributed by atoms with van der Waals surface area (Å²) >= 11 is 0. The number of nitrogens with one attached hydrogen (secondary N) is 2. The van der Waals surface area contributed by atoms with Crippen molar-refractivity contribution in [3.05, 3.63) is 59.7 Å². The van der Waals surface area contributed by atoms with Gasteiger partial charge in [0.05, 0.1) is 5.56 Å². The predicted octanol–water partition coefficient (Wildman–Crippen LogP) is 1.90. The van der Waals surface area contributed by atoms with Crippen LogP contribution in [0.25, 0.3) is 0 Å². The second-order valence-electron chi connectivity index (χ2n) is 6.23. The molecule has 0 saturated heterocycles. The normalized spacial score (nSPS) is 15.7. The minimum Gasteiger partial charge on any atom is -0.507 e. The zero-order chi connectivity index (χ0) is 18.7. The zero-order valence-electron chi connectivity index (χ0n) is 14.5. The quantitative estimate of drug-likeness (QED) is 0.576. The number of carbonyl (C=O) groups excluding carboxylic acids is 2. The van der Waals surface area contributed by atoms with Gasteiger partial charge in [-0.2, -0.15) is 0 Å². The number of hydrogen-bond donors (Lipinski definition) is 3. The van der Waals surface area contributed by atoms with Crippen LogP contribution in [0.3, 0.4) is 0 Å². The molecule has 1 aromatic carbocycles. The first kappa shape index (κ1) is 17.6. The number of fused-ring (bicyclic) bond motifs is 1. The number of aryl methyl sites for hydroxylation is 2. The molecule has 0 radical (unpaired) electrons. The summed E-state index contributed by atoms with van der Waals surface area (Å²) < 4.78 is 0. The van der Waals surface area contributed by atoms with E-state index in [4.69, 9.17) is 0 Å². The van der Waals surface area contributed by atoms with Gasteiger partial charge >= 0.3 is 0 Å². The van der Waals surface area contributed by atoms with Gasteiger partial charge in [0.1, 0.15) is 11.6 Å². The molecule has 0 saturated carbocycles. The smallest absolute Gasteiger partial charge is 0.255 e. The largest absolute Gasteiger partial charge is 0.507 e. The maximum Gasteiger partial charge on any atom is 0.255 e. The maximum absolute atomic E-state index is 12.6. The molecule has 1 atom stereocenters. The van der Waals surface area contributed by atoms with Gasteiger partial charge in [-0.3, -0.25) is 9.59 Å². The summed E-state index contributed by atoms with van der Waals surface area (Å²) in [4.78, 5) is 32.6. The van der Waals surface area contributed by atoms with Crippen LogP contribution in [0.15, 0.2) is 37.1 Å². The molecule has 7 heteroatoms. The zero-order valence-corrected chi connectivity index (χ0v) is 14.5. The lowest BCUT2D eigenvalue weighted by Gasteiger charge is -2.25. The van der Waals surface area contributed by atoms with E-state index in [1.165, 1.54) is 18.2 Å². The highest BCUT2D eigenvalue weighted by atomic mass is 16.3. The van der Waals surface area contributed by atoms with E-state index in [-0.39, 0.29) is 23.3 Å². The fourth-order valence-electron chi connectivity index (χ4n) is 2.98. The molecule has 3 rings (SSSR count). The third kappa shape index (κ3) is 3.88. The highest BCUT2D eigenvalue weighted by molar-refractivity contribution is 6.02. The average molecular weight is 352 g/mol. The van der Waals surface area contributed by atoms with Gasteiger partial charge in [-0.15, -0.1) is 0 Å². The van der Waals surface area contributed by atoms with Gasteiger partial charge in [0.25, 0.3) is 5.91 Å². The molecule has 134 valence electrons. The number of aromatic hydroxyl groups is 1. The molecule has 2 aromatic rings. The first-order chi connectivity index (χ1) is 12.5. The van der Waals surface area contributed by atoms with E-state index < -0.39 is 5.91 Å². The monoisotopic (exact) mass is 352 g/mol. The van der Waals surface area contributed by atoms with Gasteiger partial charge < -0.3 is 15.7 Å². The van der Waals surface area contributed by atoms with Crippen molar-refractivity contribution >= 4 is 17.5 Å². The Morgan fingerprint density at radius 1 is 1.38 bits per heavy atom. The second-order valence-corrected chi connectivity index (χ2v) is 6.23. The SMILES string of the molecule is C=CC(=O)Nc1ccc(O)c(C(=O)NC2CCc3nc(C)ncc3C2)c1. The molecule has 3 N–H and O–H groups in total. The average Bonchev–Trinajstić information content (AvgIpc) is 2.63. The lowest BCUT2D eigenvalue weighted by Crippen LogP contribution is -2.39. The van der Waals surface area contributed by atoms with Crippen LogP contribution < -0.4 is 10.6 Å². The molecule has 2 amide bonds. The van der Waals surface area contributed by atoms with Gasteiger partial charge in [0.2, 0.25) is 5.91 Å². The van der Waals surface area contributed by atoms with Crippen molar-refractivity contribution in [1.29, 1.82) is 0 Å². The maximum atomic E-state index is 12.6. The molecule has 0 bridgehead atoms. The van der Waals surface area contributed by atoms with Gasteiger partial charge in [-0.1, -0.05) is 6.58 Å².